The number of hydrogen-bond acceptors (Lipinski definition) is 3. The molecule has 0 aromatic heterocycles. The maximum absolute atomic E-state index is 11.8. The molecule has 2 aromatic carbocycles. The van der Waals surface area contributed by atoms with E-state index in [1.807, 2.05) is 18.2 Å². The molecule has 23 heavy (non-hydrogen) atoms. The Hall–Kier alpha value is -2.29. The molecule has 0 aliphatic heterocycles. The van der Waals surface area contributed by atoms with Crippen molar-refractivity contribution in [2.75, 3.05) is 14.2 Å². The Morgan fingerprint density at radius 2 is 1.61 bits per heavy atom. The van der Waals surface area contributed by atoms with Gasteiger partial charge in [-0.3, -0.25) is 4.79 Å². The Balaban J connectivity index is 2.18. The van der Waals surface area contributed by atoms with E-state index in [0.717, 1.165) is 29.9 Å². The fourth-order valence-corrected chi connectivity index (χ4v) is 3.61. The van der Waals surface area contributed by atoms with Crippen LogP contribution in [0.25, 0.3) is 0 Å². The van der Waals surface area contributed by atoms with Crippen molar-refractivity contribution in [3.63, 3.8) is 0 Å². The number of carbonyl (C=O) groups excluding carboxylic acids is 1. The third kappa shape index (κ3) is 2.83. The monoisotopic (exact) mass is 310 g/mol. The van der Waals surface area contributed by atoms with E-state index >= 15 is 0 Å². The Bertz CT molecular complexity index is 681. The van der Waals surface area contributed by atoms with Crippen LogP contribution in [0.1, 0.15) is 36.8 Å². The zero-order valence-corrected chi connectivity index (χ0v) is 13.7. The summed E-state index contributed by atoms with van der Waals surface area (Å²) in [7, 11) is 3.36. The fraction of sp³-hybridized carbons (Fsp3) is 0.350. The van der Waals surface area contributed by atoms with Crippen molar-refractivity contribution in [2.24, 2.45) is 0 Å². The van der Waals surface area contributed by atoms with Gasteiger partial charge in [0.05, 0.1) is 14.2 Å². The van der Waals surface area contributed by atoms with Crippen molar-refractivity contribution >= 4 is 5.78 Å². The van der Waals surface area contributed by atoms with Crippen LogP contribution in [0.2, 0.25) is 0 Å². The van der Waals surface area contributed by atoms with Crippen LogP contribution in [-0.4, -0.2) is 20.0 Å². The lowest BCUT2D eigenvalue weighted by Crippen LogP contribution is -2.33. The van der Waals surface area contributed by atoms with Crippen molar-refractivity contribution in [3.05, 3.63) is 59.7 Å². The summed E-state index contributed by atoms with van der Waals surface area (Å²) in [5.74, 6) is 2.01. The first-order chi connectivity index (χ1) is 11.2. The molecule has 120 valence electrons. The van der Waals surface area contributed by atoms with Crippen LogP contribution in [-0.2, 0) is 10.2 Å². The highest BCUT2D eigenvalue weighted by atomic mass is 16.5. The molecule has 1 fully saturated rings. The second-order valence-corrected chi connectivity index (χ2v) is 6.05. The fourth-order valence-electron chi connectivity index (χ4n) is 3.61. The Morgan fingerprint density at radius 3 is 2.22 bits per heavy atom. The lowest BCUT2D eigenvalue weighted by Gasteiger charge is -2.39. The normalized spacial score (nSPS) is 16.9. The molecular formula is C20H22O3. The number of ether oxygens (including phenoxy) is 2. The maximum Gasteiger partial charge on any atom is 0.133 e. The summed E-state index contributed by atoms with van der Waals surface area (Å²) in [5, 5.41) is 0. The van der Waals surface area contributed by atoms with E-state index in [2.05, 4.69) is 30.3 Å². The van der Waals surface area contributed by atoms with E-state index in [0.29, 0.717) is 18.6 Å². The molecule has 0 heterocycles. The van der Waals surface area contributed by atoms with Gasteiger partial charge in [0.1, 0.15) is 17.3 Å². The van der Waals surface area contributed by atoms with E-state index in [4.69, 9.17) is 9.47 Å². The first-order valence-electron chi connectivity index (χ1n) is 7.99. The quantitative estimate of drug-likeness (QED) is 0.851. The van der Waals surface area contributed by atoms with E-state index in [9.17, 15) is 4.79 Å². The van der Waals surface area contributed by atoms with Gasteiger partial charge in [-0.2, -0.15) is 0 Å². The predicted molar refractivity (Wildman–Crippen MR) is 90.2 cm³/mol. The zero-order chi connectivity index (χ0) is 16.3. The largest absolute Gasteiger partial charge is 0.497 e. The van der Waals surface area contributed by atoms with Gasteiger partial charge < -0.3 is 9.47 Å². The molecule has 0 spiro atoms. The van der Waals surface area contributed by atoms with Crippen LogP contribution in [0.15, 0.2) is 48.5 Å². The van der Waals surface area contributed by atoms with E-state index < -0.39 is 0 Å². The molecule has 0 radical (unpaired) electrons. The van der Waals surface area contributed by atoms with E-state index in [-0.39, 0.29) is 5.41 Å². The minimum Gasteiger partial charge on any atom is -0.497 e. The lowest BCUT2D eigenvalue weighted by atomic mass is 9.65. The molecule has 0 saturated heterocycles. The van der Waals surface area contributed by atoms with Crippen LogP contribution in [0.4, 0.5) is 0 Å². The smallest absolute Gasteiger partial charge is 0.133 e. The predicted octanol–water partition coefficient (Wildman–Crippen LogP) is 4.13. The molecule has 1 aliphatic rings. The van der Waals surface area contributed by atoms with Gasteiger partial charge in [0.15, 0.2) is 0 Å². The number of Topliss-reactive ketones (excluding diaryl/α,β-unsaturated/α-hetero) is 1. The van der Waals surface area contributed by atoms with Crippen LogP contribution in [0, 0.1) is 0 Å². The van der Waals surface area contributed by atoms with Gasteiger partial charge in [-0.15, -0.1) is 0 Å². The molecule has 2 aromatic rings. The van der Waals surface area contributed by atoms with Gasteiger partial charge in [-0.1, -0.05) is 30.3 Å². The lowest BCUT2D eigenvalue weighted by molar-refractivity contribution is -0.121. The third-order valence-corrected chi connectivity index (χ3v) is 4.91. The second-order valence-electron chi connectivity index (χ2n) is 6.05. The third-order valence-electron chi connectivity index (χ3n) is 4.91. The van der Waals surface area contributed by atoms with Crippen LogP contribution >= 0.6 is 0 Å². The molecule has 0 amide bonds. The summed E-state index contributed by atoms with van der Waals surface area (Å²) in [6.45, 7) is 0. The SMILES string of the molecule is COc1ccc(OC)c(C2(c3ccccc3)CCC(=O)CC2)c1. The Morgan fingerprint density at radius 1 is 0.913 bits per heavy atom. The minimum absolute atomic E-state index is 0.199. The first-order valence-corrected chi connectivity index (χ1v) is 7.99. The number of methoxy groups -OCH3 is 2. The number of carbonyl (C=O) groups is 1. The molecule has 3 nitrogen and oxygen atoms in total. The molecule has 1 saturated carbocycles. The van der Waals surface area contributed by atoms with Crippen molar-refractivity contribution in [1.82, 2.24) is 0 Å². The highest BCUT2D eigenvalue weighted by molar-refractivity contribution is 5.80. The van der Waals surface area contributed by atoms with Gasteiger partial charge in [0.25, 0.3) is 0 Å². The van der Waals surface area contributed by atoms with Gasteiger partial charge in [-0.05, 0) is 36.6 Å². The Labute approximate surface area is 137 Å². The number of ketones is 1. The summed E-state index contributed by atoms with van der Waals surface area (Å²) in [4.78, 5) is 11.8. The molecule has 0 bridgehead atoms. The van der Waals surface area contributed by atoms with Crippen LogP contribution in [0.3, 0.4) is 0 Å². The number of hydrogen-bond donors (Lipinski definition) is 0. The summed E-state index contributed by atoms with van der Waals surface area (Å²) in [6, 6.07) is 16.4. The van der Waals surface area contributed by atoms with Gasteiger partial charge in [-0.25, -0.2) is 0 Å². The Kier molecular flexibility index (Phi) is 4.37. The molecule has 0 N–H and O–H groups in total. The average Bonchev–Trinajstić information content (AvgIpc) is 2.63. The number of benzene rings is 2. The second kappa shape index (κ2) is 6.45. The van der Waals surface area contributed by atoms with E-state index in [1.54, 1.807) is 14.2 Å². The molecule has 3 rings (SSSR count). The first kappa shape index (κ1) is 15.6. The topological polar surface area (TPSA) is 35.5 Å². The maximum atomic E-state index is 11.8. The zero-order valence-electron chi connectivity index (χ0n) is 13.7. The van der Waals surface area contributed by atoms with Gasteiger partial charge in [0.2, 0.25) is 0 Å². The molecule has 0 unspecified atom stereocenters. The standard InChI is InChI=1S/C20H22O3/c1-22-17-8-9-19(23-2)18(14-17)20(12-10-16(21)11-13-20)15-6-4-3-5-7-15/h3-9,14H,10-13H2,1-2H3. The molecule has 1 aliphatic carbocycles. The summed E-state index contributed by atoms with van der Waals surface area (Å²) < 4.78 is 11.1. The van der Waals surface area contributed by atoms with Crippen molar-refractivity contribution in [3.8, 4) is 11.5 Å². The highest BCUT2D eigenvalue weighted by Gasteiger charge is 2.40. The summed E-state index contributed by atoms with van der Waals surface area (Å²) >= 11 is 0. The van der Waals surface area contributed by atoms with Gasteiger partial charge in [0, 0.05) is 23.8 Å². The average molecular weight is 310 g/mol. The number of rotatable bonds is 4. The van der Waals surface area contributed by atoms with Crippen LogP contribution < -0.4 is 9.47 Å². The van der Waals surface area contributed by atoms with E-state index in [1.165, 1.54) is 5.56 Å². The van der Waals surface area contributed by atoms with Crippen molar-refractivity contribution in [1.29, 1.82) is 0 Å². The summed E-state index contributed by atoms with van der Waals surface area (Å²) in [6.07, 6.45) is 2.82. The molecular weight excluding hydrogens is 288 g/mol. The molecule has 3 heteroatoms. The van der Waals surface area contributed by atoms with Gasteiger partial charge >= 0.3 is 0 Å². The van der Waals surface area contributed by atoms with Crippen molar-refractivity contribution < 1.29 is 14.3 Å². The summed E-state index contributed by atoms with van der Waals surface area (Å²) in [5.41, 5.74) is 2.15. The highest BCUT2D eigenvalue weighted by Crippen LogP contribution is 2.48. The minimum atomic E-state index is -0.199. The van der Waals surface area contributed by atoms with Crippen LogP contribution in [0.5, 0.6) is 11.5 Å². The van der Waals surface area contributed by atoms with Crippen molar-refractivity contribution in [2.45, 2.75) is 31.1 Å². The molecule has 0 atom stereocenters.